The minimum atomic E-state index is -0.379. The van der Waals surface area contributed by atoms with Crippen molar-refractivity contribution in [1.29, 1.82) is 0 Å². The van der Waals surface area contributed by atoms with Gasteiger partial charge >= 0.3 is 0 Å². The fourth-order valence-corrected chi connectivity index (χ4v) is 3.78. The van der Waals surface area contributed by atoms with E-state index in [-0.39, 0.29) is 23.7 Å². The van der Waals surface area contributed by atoms with E-state index >= 15 is 4.39 Å². The molecule has 1 fully saturated rings. The fourth-order valence-electron chi connectivity index (χ4n) is 3.78. The van der Waals surface area contributed by atoms with Crippen LogP contribution < -0.4 is 11.5 Å². The standard InChI is InChI=1S/C19H22FN3O2/c20-18-13(8-14(21)19(22)17(18)16-2-1-5-25-16)11-6-10-3-4-12(24)7-15(10)23-9-11/h6,8-9,12,16,24H,1-5,7,21-22H2. The molecule has 25 heavy (non-hydrogen) atoms. The second-order valence-corrected chi connectivity index (χ2v) is 6.88. The minimum Gasteiger partial charge on any atom is -0.397 e. The highest BCUT2D eigenvalue weighted by Gasteiger charge is 2.27. The van der Waals surface area contributed by atoms with Gasteiger partial charge in [0.25, 0.3) is 0 Å². The molecule has 0 radical (unpaired) electrons. The lowest BCUT2D eigenvalue weighted by Crippen LogP contribution is -2.19. The molecule has 2 aromatic rings. The quantitative estimate of drug-likeness (QED) is 0.729. The zero-order chi connectivity index (χ0) is 17.6. The summed E-state index contributed by atoms with van der Waals surface area (Å²) in [6, 6.07) is 3.52. The Morgan fingerprint density at radius 1 is 1.24 bits per heavy atom. The minimum absolute atomic E-state index is 0.266. The number of aryl methyl sites for hydroxylation is 1. The average Bonchev–Trinajstić information content (AvgIpc) is 3.12. The molecule has 2 unspecified atom stereocenters. The number of pyridine rings is 1. The number of fused-ring (bicyclic) bond motifs is 1. The molecule has 2 heterocycles. The topological polar surface area (TPSA) is 94.4 Å². The van der Waals surface area contributed by atoms with E-state index in [2.05, 4.69) is 4.98 Å². The third kappa shape index (κ3) is 2.85. The zero-order valence-electron chi connectivity index (χ0n) is 14.0. The summed E-state index contributed by atoms with van der Waals surface area (Å²) in [5.41, 5.74) is 16.1. The van der Waals surface area contributed by atoms with E-state index in [1.54, 1.807) is 12.3 Å². The van der Waals surface area contributed by atoms with E-state index in [0.29, 0.717) is 41.8 Å². The number of halogens is 1. The number of aliphatic hydroxyl groups excluding tert-OH is 1. The molecule has 2 aliphatic rings. The van der Waals surface area contributed by atoms with Crippen molar-refractivity contribution in [2.45, 2.75) is 44.3 Å². The largest absolute Gasteiger partial charge is 0.397 e. The summed E-state index contributed by atoms with van der Waals surface area (Å²) in [5.74, 6) is -0.379. The van der Waals surface area contributed by atoms with Crippen LogP contribution in [0.5, 0.6) is 0 Å². The lowest BCUT2D eigenvalue weighted by molar-refractivity contribution is 0.109. The van der Waals surface area contributed by atoms with E-state index in [1.165, 1.54) is 0 Å². The molecule has 0 saturated carbocycles. The summed E-state index contributed by atoms with van der Waals surface area (Å²) in [6.45, 7) is 0.608. The number of nitrogens with zero attached hydrogens (tertiary/aromatic N) is 1. The molecule has 6 heteroatoms. The van der Waals surface area contributed by atoms with Gasteiger partial charge in [-0.2, -0.15) is 0 Å². The maximum Gasteiger partial charge on any atom is 0.139 e. The molecule has 132 valence electrons. The molecule has 0 amide bonds. The first-order chi connectivity index (χ1) is 12.0. The highest BCUT2D eigenvalue weighted by Crippen LogP contribution is 2.41. The number of hydrogen-bond donors (Lipinski definition) is 3. The van der Waals surface area contributed by atoms with Gasteiger partial charge in [0.2, 0.25) is 0 Å². The van der Waals surface area contributed by atoms with Gasteiger partial charge in [0.05, 0.1) is 23.6 Å². The first-order valence-electron chi connectivity index (χ1n) is 8.69. The smallest absolute Gasteiger partial charge is 0.139 e. The maximum atomic E-state index is 15.3. The second kappa shape index (κ2) is 6.28. The number of anilines is 2. The molecular weight excluding hydrogens is 321 g/mol. The Morgan fingerprint density at radius 3 is 2.84 bits per heavy atom. The van der Waals surface area contributed by atoms with Gasteiger partial charge in [0.15, 0.2) is 0 Å². The highest BCUT2D eigenvalue weighted by molar-refractivity contribution is 5.78. The van der Waals surface area contributed by atoms with Crippen LogP contribution in [0, 0.1) is 5.82 Å². The molecule has 1 aliphatic heterocycles. The summed E-state index contributed by atoms with van der Waals surface area (Å²) in [5, 5.41) is 9.77. The van der Waals surface area contributed by atoms with Gasteiger partial charge in [0, 0.05) is 41.6 Å². The van der Waals surface area contributed by atoms with Crippen molar-refractivity contribution in [1.82, 2.24) is 4.98 Å². The summed E-state index contributed by atoms with van der Waals surface area (Å²) >= 11 is 0. The monoisotopic (exact) mass is 343 g/mol. The Balaban J connectivity index is 1.80. The molecule has 5 N–H and O–H groups in total. The van der Waals surface area contributed by atoms with Crippen LogP contribution in [0.3, 0.4) is 0 Å². The van der Waals surface area contributed by atoms with Gasteiger partial charge in [-0.1, -0.05) is 0 Å². The van der Waals surface area contributed by atoms with Crippen LogP contribution in [0.15, 0.2) is 18.3 Å². The van der Waals surface area contributed by atoms with E-state index < -0.39 is 0 Å². The van der Waals surface area contributed by atoms with Gasteiger partial charge in [-0.05, 0) is 43.4 Å². The third-order valence-corrected chi connectivity index (χ3v) is 5.17. The molecule has 1 aliphatic carbocycles. The number of ether oxygens (including phenoxy) is 1. The normalized spacial score (nSPS) is 22.8. The Labute approximate surface area is 145 Å². The molecular formula is C19H22FN3O2. The number of nitrogens with two attached hydrogens (primary N) is 2. The third-order valence-electron chi connectivity index (χ3n) is 5.17. The van der Waals surface area contributed by atoms with Gasteiger partial charge in [-0.15, -0.1) is 0 Å². The van der Waals surface area contributed by atoms with Gasteiger partial charge in [0.1, 0.15) is 5.82 Å². The summed E-state index contributed by atoms with van der Waals surface area (Å²) in [4.78, 5) is 4.44. The van der Waals surface area contributed by atoms with Crippen LogP contribution in [0.4, 0.5) is 15.8 Å². The highest BCUT2D eigenvalue weighted by atomic mass is 19.1. The van der Waals surface area contributed by atoms with Crippen molar-refractivity contribution in [2.75, 3.05) is 18.1 Å². The van der Waals surface area contributed by atoms with Crippen LogP contribution >= 0.6 is 0 Å². The average molecular weight is 343 g/mol. The van der Waals surface area contributed by atoms with Crippen LogP contribution in [0.25, 0.3) is 11.1 Å². The number of hydrogen-bond acceptors (Lipinski definition) is 5. The summed E-state index contributed by atoms with van der Waals surface area (Å²) < 4.78 is 20.9. The lowest BCUT2D eigenvalue weighted by Gasteiger charge is -2.21. The van der Waals surface area contributed by atoms with Crippen LogP contribution in [-0.4, -0.2) is 22.8 Å². The Morgan fingerprint density at radius 2 is 2.08 bits per heavy atom. The first-order valence-corrected chi connectivity index (χ1v) is 8.69. The fraction of sp³-hybridized carbons (Fsp3) is 0.421. The predicted octanol–water partition coefficient (Wildman–Crippen LogP) is 2.75. The molecule has 1 saturated heterocycles. The molecule has 0 spiro atoms. The van der Waals surface area contributed by atoms with E-state index in [4.69, 9.17) is 16.2 Å². The molecule has 1 aromatic carbocycles. The Bertz CT molecular complexity index is 819. The number of aromatic nitrogens is 1. The van der Waals surface area contributed by atoms with Crippen LogP contribution in [0.1, 0.15) is 42.2 Å². The molecule has 4 rings (SSSR count). The molecule has 1 aromatic heterocycles. The van der Waals surface area contributed by atoms with Gasteiger partial charge in [-0.25, -0.2) is 4.39 Å². The van der Waals surface area contributed by atoms with Crippen LogP contribution in [-0.2, 0) is 17.6 Å². The predicted molar refractivity (Wildman–Crippen MR) is 94.4 cm³/mol. The van der Waals surface area contributed by atoms with Crippen molar-refractivity contribution in [3.05, 3.63) is 41.0 Å². The van der Waals surface area contributed by atoms with Gasteiger partial charge in [-0.3, -0.25) is 4.98 Å². The van der Waals surface area contributed by atoms with Crippen molar-refractivity contribution in [3.8, 4) is 11.1 Å². The first kappa shape index (κ1) is 16.3. The SMILES string of the molecule is Nc1cc(-c2cnc3c(c2)CCC(O)C3)c(F)c(C2CCCO2)c1N. The van der Waals surface area contributed by atoms with E-state index in [0.717, 1.165) is 30.5 Å². The maximum absolute atomic E-state index is 15.3. The van der Waals surface area contributed by atoms with Crippen molar-refractivity contribution in [2.24, 2.45) is 0 Å². The van der Waals surface area contributed by atoms with Crippen LogP contribution in [0.2, 0.25) is 0 Å². The molecule has 2 atom stereocenters. The van der Waals surface area contributed by atoms with Crippen molar-refractivity contribution in [3.63, 3.8) is 0 Å². The lowest BCUT2D eigenvalue weighted by atomic mass is 9.90. The van der Waals surface area contributed by atoms with E-state index in [1.807, 2.05) is 6.07 Å². The number of rotatable bonds is 2. The molecule has 5 nitrogen and oxygen atoms in total. The van der Waals surface area contributed by atoms with E-state index in [9.17, 15) is 5.11 Å². The summed E-state index contributed by atoms with van der Waals surface area (Å²) in [7, 11) is 0. The molecule has 0 bridgehead atoms. The Kier molecular flexibility index (Phi) is 4.09. The second-order valence-electron chi connectivity index (χ2n) is 6.88. The number of nitrogen functional groups attached to an aromatic ring is 2. The number of aliphatic hydroxyl groups is 1. The van der Waals surface area contributed by atoms with Crippen molar-refractivity contribution >= 4 is 11.4 Å². The Hall–Kier alpha value is -2.18. The number of benzene rings is 1. The van der Waals surface area contributed by atoms with Crippen molar-refractivity contribution < 1.29 is 14.2 Å². The zero-order valence-corrected chi connectivity index (χ0v) is 14.0. The van der Waals surface area contributed by atoms with Gasteiger partial charge < -0.3 is 21.3 Å². The summed E-state index contributed by atoms with van der Waals surface area (Å²) in [6.07, 6.45) is 4.56.